The Bertz CT molecular complexity index is 833. The van der Waals surface area contributed by atoms with Crippen molar-refractivity contribution in [3.63, 3.8) is 0 Å². The van der Waals surface area contributed by atoms with Gasteiger partial charge in [-0.25, -0.2) is 0 Å². The molecule has 2 nitrogen and oxygen atoms in total. The first-order valence-corrected chi connectivity index (χ1v) is 10.5. The summed E-state index contributed by atoms with van der Waals surface area (Å²) in [6.07, 6.45) is 0.974. The van der Waals surface area contributed by atoms with E-state index in [1.165, 1.54) is 16.0 Å². The SMILES string of the molecule is CCC(NC(=S)Nc1ccc(CSc2ccccc2)cc1)c1ccccc1. The van der Waals surface area contributed by atoms with Crippen molar-refractivity contribution >= 4 is 34.8 Å². The predicted molar refractivity (Wildman–Crippen MR) is 121 cm³/mol. The van der Waals surface area contributed by atoms with Crippen LogP contribution in [0.15, 0.2) is 89.8 Å². The highest BCUT2D eigenvalue weighted by atomic mass is 32.2. The van der Waals surface area contributed by atoms with Crippen LogP contribution in [0.4, 0.5) is 5.69 Å². The van der Waals surface area contributed by atoms with E-state index in [2.05, 4.69) is 90.4 Å². The van der Waals surface area contributed by atoms with Crippen molar-refractivity contribution in [2.24, 2.45) is 0 Å². The van der Waals surface area contributed by atoms with Crippen LogP contribution in [0.25, 0.3) is 0 Å². The van der Waals surface area contributed by atoms with E-state index >= 15 is 0 Å². The molecule has 3 aromatic rings. The minimum absolute atomic E-state index is 0.216. The molecule has 0 bridgehead atoms. The Hall–Kier alpha value is -2.30. The first kappa shape index (κ1) is 19.5. The molecule has 0 saturated carbocycles. The monoisotopic (exact) mass is 392 g/mol. The van der Waals surface area contributed by atoms with Crippen LogP contribution in [-0.4, -0.2) is 5.11 Å². The molecule has 0 fully saturated rings. The standard InChI is InChI=1S/C23H24N2S2/c1-2-22(19-9-5-3-6-10-19)25-23(26)24-20-15-13-18(14-16-20)17-27-21-11-7-4-8-12-21/h3-16,22H,2,17H2,1H3,(H2,24,25,26). The average molecular weight is 393 g/mol. The van der Waals surface area contributed by atoms with Gasteiger partial charge in [0.25, 0.3) is 0 Å². The van der Waals surface area contributed by atoms with Gasteiger partial charge in [0, 0.05) is 16.3 Å². The number of hydrogen-bond acceptors (Lipinski definition) is 2. The van der Waals surface area contributed by atoms with Crippen LogP contribution < -0.4 is 10.6 Å². The molecule has 3 rings (SSSR count). The van der Waals surface area contributed by atoms with Crippen LogP contribution in [0.1, 0.15) is 30.5 Å². The summed E-state index contributed by atoms with van der Waals surface area (Å²) in [5.41, 5.74) is 3.55. The maximum atomic E-state index is 5.50. The smallest absolute Gasteiger partial charge is 0.171 e. The molecule has 0 heterocycles. The zero-order valence-corrected chi connectivity index (χ0v) is 17.0. The predicted octanol–water partition coefficient (Wildman–Crippen LogP) is 6.42. The third-order valence-electron chi connectivity index (χ3n) is 4.28. The molecular formula is C23H24N2S2. The van der Waals surface area contributed by atoms with Crippen molar-refractivity contribution in [1.29, 1.82) is 0 Å². The lowest BCUT2D eigenvalue weighted by Crippen LogP contribution is -2.32. The van der Waals surface area contributed by atoms with Crippen LogP contribution >= 0.6 is 24.0 Å². The molecule has 27 heavy (non-hydrogen) atoms. The lowest BCUT2D eigenvalue weighted by Gasteiger charge is -2.20. The summed E-state index contributed by atoms with van der Waals surface area (Å²) in [5, 5.41) is 7.35. The van der Waals surface area contributed by atoms with Gasteiger partial charge in [0.05, 0.1) is 6.04 Å². The Kier molecular flexibility index (Phi) is 7.31. The molecule has 0 aliphatic heterocycles. The molecule has 0 saturated heterocycles. The fourth-order valence-electron chi connectivity index (χ4n) is 2.80. The molecule has 2 N–H and O–H groups in total. The Labute approximate surface area is 171 Å². The third-order valence-corrected chi connectivity index (χ3v) is 5.58. The van der Waals surface area contributed by atoms with Crippen LogP contribution in [0.2, 0.25) is 0 Å². The first-order chi connectivity index (χ1) is 13.2. The Morgan fingerprint density at radius 3 is 2.15 bits per heavy atom. The van der Waals surface area contributed by atoms with Gasteiger partial charge in [-0.1, -0.05) is 67.6 Å². The van der Waals surface area contributed by atoms with Crippen LogP contribution in [-0.2, 0) is 5.75 Å². The van der Waals surface area contributed by atoms with E-state index in [4.69, 9.17) is 12.2 Å². The second-order valence-electron chi connectivity index (χ2n) is 6.27. The molecule has 1 unspecified atom stereocenters. The number of nitrogens with one attached hydrogen (secondary N) is 2. The maximum absolute atomic E-state index is 5.50. The van der Waals surface area contributed by atoms with Crippen LogP contribution in [0.3, 0.4) is 0 Å². The molecule has 0 aromatic heterocycles. The average Bonchev–Trinajstić information content (AvgIpc) is 2.73. The summed E-state index contributed by atoms with van der Waals surface area (Å²) in [6, 6.07) is 29.5. The van der Waals surface area contributed by atoms with Gasteiger partial charge in [-0.3, -0.25) is 0 Å². The van der Waals surface area contributed by atoms with Crippen LogP contribution in [0.5, 0.6) is 0 Å². The molecule has 0 amide bonds. The van der Waals surface area contributed by atoms with Crippen molar-refractivity contribution in [2.45, 2.75) is 30.0 Å². The molecule has 3 aromatic carbocycles. The number of thiocarbonyl (C=S) groups is 1. The van der Waals surface area contributed by atoms with E-state index < -0.39 is 0 Å². The van der Waals surface area contributed by atoms with Gasteiger partial charge in [0.1, 0.15) is 0 Å². The van der Waals surface area contributed by atoms with Gasteiger partial charge < -0.3 is 10.6 Å². The Morgan fingerprint density at radius 2 is 1.52 bits per heavy atom. The summed E-state index contributed by atoms with van der Waals surface area (Å²) >= 11 is 7.34. The van der Waals surface area contributed by atoms with Crippen LogP contribution in [0, 0.1) is 0 Å². The topological polar surface area (TPSA) is 24.1 Å². The van der Waals surface area contributed by atoms with Crippen molar-refractivity contribution in [3.8, 4) is 0 Å². The molecule has 4 heteroatoms. The first-order valence-electron chi connectivity index (χ1n) is 9.14. The van der Waals surface area contributed by atoms with Crippen molar-refractivity contribution in [3.05, 3.63) is 96.1 Å². The molecule has 0 aliphatic rings. The number of hydrogen-bond donors (Lipinski definition) is 2. The summed E-state index contributed by atoms with van der Waals surface area (Å²) in [6.45, 7) is 2.16. The zero-order valence-electron chi connectivity index (χ0n) is 15.4. The van der Waals surface area contributed by atoms with E-state index in [1.54, 1.807) is 0 Å². The maximum Gasteiger partial charge on any atom is 0.171 e. The van der Waals surface area contributed by atoms with E-state index in [0.29, 0.717) is 5.11 Å². The fraction of sp³-hybridized carbons (Fsp3) is 0.174. The van der Waals surface area contributed by atoms with Gasteiger partial charge in [-0.2, -0.15) is 0 Å². The highest BCUT2D eigenvalue weighted by molar-refractivity contribution is 7.98. The van der Waals surface area contributed by atoms with Gasteiger partial charge in [-0.05, 0) is 54.0 Å². The highest BCUT2D eigenvalue weighted by Crippen LogP contribution is 2.23. The lowest BCUT2D eigenvalue weighted by atomic mass is 10.1. The Balaban J connectivity index is 1.52. The summed E-state index contributed by atoms with van der Waals surface area (Å²) in [4.78, 5) is 1.29. The molecular weight excluding hydrogens is 368 g/mol. The molecule has 1 atom stereocenters. The quantitative estimate of drug-likeness (QED) is 0.358. The summed E-state index contributed by atoms with van der Waals surface area (Å²) in [5.74, 6) is 0.957. The zero-order chi connectivity index (χ0) is 18.9. The van der Waals surface area contributed by atoms with Gasteiger partial charge in [0.2, 0.25) is 0 Å². The van der Waals surface area contributed by atoms with Crippen molar-refractivity contribution in [2.75, 3.05) is 5.32 Å². The minimum atomic E-state index is 0.216. The number of anilines is 1. The number of benzene rings is 3. The number of thioether (sulfide) groups is 1. The minimum Gasteiger partial charge on any atom is -0.356 e. The van der Waals surface area contributed by atoms with Gasteiger partial charge in [0.15, 0.2) is 5.11 Å². The highest BCUT2D eigenvalue weighted by Gasteiger charge is 2.10. The van der Waals surface area contributed by atoms with E-state index in [1.807, 2.05) is 23.9 Å². The molecule has 138 valence electrons. The lowest BCUT2D eigenvalue weighted by molar-refractivity contribution is 0.629. The molecule has 0 radical (unpaired) electrons. The van der Waals surface area contributed by atoms with Crippen molar-refractivity contribution in [1.82, 2.24) is 5.32 Å². The molecule has 0 aliphatic carbocycles. The summed E-state index contributed by atoms with van der Waals surface area (Å²) < 4.78 is 0. The van der Waals surface area contributed by atoms with Crippen molar-refractivity contribution < 1.29 is 0 Å². The second kappa shape index (κ2) is 10.1. The van der Waals surface area contributed by atoms with Gasteiger partial charge in [-0.15, -0.1) is 11.8 Å². The number of rotatable bonds is 7. The normalized spacial score (nSPS) is 11.6. The largest absolute Gasteiger partial charge is 0.356 e. The van der Waals surface area contributed by atoms with E-state index in [-0.39, 0.29) is 6.04 Å². The molecule has 0 spiro atoms. The Morgan fingerprint density at radius 1 is 0.889 bits per heavy atom. The fourth-order valence-corrected chi connectivity index (χ4v) is 3.94. The van der Waals surface area contributed by atoms with E-state index in [0.717, 1.165) is 17.9 Å². The third kappa shape index (κ3) is 6.12. The van der Waals surface area contributed by atoms with Gasteiger partial charge >= 0.3 is 0 Å². The van der Waals surface area contributed by atoms with E-state index in [9.17, 15) is 0 Å². The summed E-state index contributed by atoms with van der Waals surface area (Å²) in [7, 11) is 0. The second-order valence-corrected chi connectivity index (χ2v) is 7.73.